The number of hydrogen-bond donors (Lipinski definition) is 0. The molecule has 4 rings (SSSR count). The third kappa shape index (κ3) is 4.39. The molecule has 0 saturated heterocycles. The van der Waals surface area contributed by atoms with Crippen molar-refractivity contribution < 1.29 is 13.9 Å². The van der Waals surface area contributed by atoms with Gasteiger partial charge in [-0.05, 0) is 59.7 Å². The van der Waals surface area contributed by atoms with Gasteiger partial charge in [-0.1, -0.05) is 35.9 Å². The van der Waals surface area contributed by atoms with E-state index in [4.69, 9.17) is 16.3 Å². The van der Waals surface area contributed by atoms with Gasteiger partial charge in [-0.15, -0.1) is 0 Å². The van der Waals surface area contributed by atoms with E-state index in [9.17, 15) is 14.4 Å². The molecule has 0 atom stereocenters. The molecule has 0 amide bonds. The highest BCUT2D eigenvalue weighted by molar-refractivity contribution is 6.31. The van der Waals surface area contributed by atoms with Crippen LogP contribution in [0.3, 0.4) is 0 Å². The van der Waals surface area contributed by atoms with E-state index in [-0.39, 0.29) is 5.82 Å². The Balaban J connectivity index is 1.76. The molecule has 7 heteroatoms. The summed E-state index contributed by atoms with van der Waals surface area (Å²) in [5.41, 5.74) is 3.72. The third-order valence-corrected chi connectivity index (χ3v) is 5.24. The minimum Gasteiger partial charge on any atom is -0.465 e. The fourth-order valence-electron chi connectivity index (χ4n) is 3.38. The highest BCUT2D eigenvalue weighted by Gasteiger charge is 2.13. The molecular formula is C25H17ClFN3O2. The van der Waals surface area contributed by atoms with Crippen molar-refractivity contribution in [1.29, 1.82) is 5.26 Å². The molecule has 158 valence electrons. The van der Waals surface area contributed by atoms with Gasteiger partial charge in [0.05, 0.1) is 42.1 Å². The summed E-state index contributed by atoms with van der Waals surface area (Å²) < 4.78 is 19.7. The molecule has 32 heavy (non-hydrogen) atoms. The number of benzene rings is 3. The number of halogens is 2. The molecule has 0 saturated carbocycles. The van der Waals surface area contributed by atoms with E-state index < -0.39 is 5.97 Å². The fraction of sp³-hybridized carbons (Fsp3) is 0.0800. The van der Waals surface area contributed by atoms with Crippen LogP contribution < -0.4 is 0 Å². The van der Waals surface area contributed by atoms with Gasteiger partial charge >= 0.3 is 5.97 Å². The molecule has 0 bridgehead atoms. The van der Waals surface area contributed by atoms with Crippen molar-refractivity contribution in [3.05, 3.63) is 100.0 Å². The van der Waals surface area contributed by atoms with E-state index in [0.717, 1.165) is 16.5 Å². The number of carbonyl (C=O) groups excluding carboxylic acids is 1. The second kappa shape index (κ2) is 9.04. The first-order chi connectivity index (χ1) is 15.5. The smallest absolute Gasteiger partial charge is 0.337 e. The summed E-state index contributed by atoms with van der Waals surface area (Å²) in [6.07, 6.45) is 1.70. The van der Waals surface area contributed by atoms with Crippen LogP contribution in [0.15, 0.2) is 66.7 Å². The van der Waals surface area contributed by atoms with Crippen molar-refractivity contribution in [2.45, 2.75) is 6.54 Å². The maximum Gasteiger partial charge on any atom is 0.337 e. The summed E-state index contributed by atoms with van der Waals surface area (Å²) in [5.74, 6) is -0.746. The van der Waals surface area contributed by atoms with Gasteiger partial charge in [0.25, 0.3) is 0 Å². The van der Waals surface area contributed by atoms with E-state index in [1.165, 1.54) is 19.2 Å². The van der Waals surface area contributed by atoms with Crippen LogP contribution in [0, 0.1) is 17.1 Å². The predicted molar refractivity (Wildman–Crippen MR) is 122 cm³/mol. The van der Waals surface area contributed by atoms with Gasteiger partial charge in [-0.3, -0.25) is 4.68 Å². The molecule has 3 aromatic carbocycles. The Morgan fingerprint density at radius 2 is 1.81 bits per heavy atom. The molecule has 5 nitrogen and oxygen atoms in total. The van der Waals surface area contributed by atoms with Crippen molar-refractivity contribution in [1.82, 2.24) is 9.78 Å². The Hall–Kier alpha value is -3.95. The number of esters is 1. The summed E-state index contributed by atoms with van der Waals surface area (Å²) >= 11 is 6.21. The normalized spacial score (nSPS) is 11.4. The van der Waals surface area contributed by atoms with E-state index in [0.29, 0.717) is 34.0 Å². The first kappa shape index (κ1) is 21.3. The Morgan fingerprint density at radius 1 is 1.12 bits per heavy atom. The van der Waals surface area contributed by atoms with Gasteiger partial charge in [0.1, 0.15) is 5.82 Å². The highest BCUT2D eigenvalue weighted by Crippen LogP contribution is 2.27. The number of ether oxygens (including phenoxy) is 1. The Morgan fingerprint density at radius 3 is 2.47 bits per heavy atom. The molecule has 1 aromatic heterocycles. The van der Waals surface area contributed by atoms with Crippen LogP contribution in [0.4, 0.5) is 4.39 Å². The molecule has 0 unspecified atom stereocenters. The van der Waals surface area contributed by atoms with Crippen molar-refractivity contribution in [2.24, 2.45) is 0 Å². The molecule has 4 aromatic rings. The van der Waals surface area contributed by atoms with E-state index in [1.54, 1.807) is 53.2 Å². The molecular weight excluding hydrogens is 429 g/mol. The van der Waals surface area contributed by atoms with Gasteiger partial charge in [-0.2, -0.15) is 10.4 Å². The van der Waals surface area contributed by atoms with Crippen molar-refractivity contribution >= 4 is 40.1 Å². The second-order valence-electron chi connectivity index (χ2n) is 7.07. The molecule has 0 spiro atoms. The molecule has 0 N–H and O–H groups in total. The van der Waals surface area contributed by atoms with Crippen molar-refractivity contribution in [2.75, 3.05) is 7.11 Å². The summed E-state index contributed by atoms with van der Waals surface area (Å²) in [4.78, 5) is 11.7. The number of fused-ring (bicyclic) bond motifs is 1. The maximum atomic E-state index is 13.3. The van der Waals surface area contributed by atoms with Gasteiger partial charge in [-0.25, -0.2) is 9.18 Å². The Labute approximate surface area is 188 Å². The highest BCUT2D eigenvalue weighted by atomic mass is 35.5. The van der Waals surface area contributed by atoms with Crippen LogP contribution in [0.5, 0.6) is 0 Å². The van der Waals surface area contributed by atoms with Crippen LogP contribution >= 0.6 is 11.6 Å². The lowest BCUT2D eigenvalue weighted by Crippen LogP contribution is -2.02. The average molecular weight is 446 g/mol. The van der Waals surface area contributed by atoms with Gasteiger partial charge < -0.3 is 4.74 Å². The number of aromatic nitrogens is 2. The lowest BCUT2D eigenvalue weighted by molar-refractivity contribution is 0.0600. The van der Waals surface area contributed by atoms with E-state index in [2.05, 4.69) is 11.2 Å². The minimum atomic E-state index is -0.443. The number of allylic oxidation sites excluding steroid dienone is 1. The van der Waals surface area contributed by atoms with Crippen molar-refractivity contribution in [3.8, 4) is 6.07 Å². The molecule has 0 aliphatic rings. The zero-order valence-corrected chi connectivity index (χ0v) is 17.8. The Kier molecular flexibility index (Phi) is 6.02. The fourth-order valence-corrected chi connectivity index (χ4v) is 3.55. The lowest BCUT2D eigenvalue weighted by Gasteiger charge is -2.04. The molecule has 0 radical (unpaired) electrons. The molecule has 0 aliphatic carbocycles. The van der Waals surface area contributed by atoms with E-state index >= 15 is 0 Å². The van der Waals surface area contributed by atoms with Crippen LogP contribution in [-0.4, -0.2) is 22.9 Å². The largest absolute Gasteiger partial charge is 0.465 e. The zero-order chi connectivity index (χ0) is 22.7. The van der Waals surface area contributed by atoms with Gasteiger partial charge in [0.15, 0.2) is 0 Å². The molecule has 0 fully saturated rings. The minimum absolute atomic E-state index is 0.303. The number of nitrogens with zero attached hydrogens (tertiary/aromatic N) is 3. The topological polar surface area (TPSA) is 67.9 Å². The third-order valence-electron chi connectivity index (χ3n) is 5.01. The number of carbonyl (C=O) groups is 1. The molecule has 0 aliphatic heterocycles. The second-order valence-corrected chi connectivity index (χ2v) is 7.51. The lowest BCUT2D eigenvalue weighted by atomic mass is 10.0. The van der Waals surface area contributed by atoms with Crippen LogP contribution in [-0.2, 0) is 11.3 Å². The first-order valence-corrected chi connectivity index (χ1v) is 10.1. The molecule has 1 heterocycles. The van der Waals surface area contributed by atoms with E-state index in [1.807, 2.05) is 12.1 Å². The zero-order valence-electron chi connectivity index (χ0n) is 17.0. The predicted octanol–water partition coefficient (Wildman–Crippen LogP) is 5.73. The summed E-state index contributed by atoms with van der Waals surface area (Å²) in [5, 5.41) is 15.8. The monoisotopic (exact) mass is 445 g/mol. The summed E-state index contributed by atoms with van der Waals surface area (Å²) in [7, 11) is 1.32. The van der Waals surface area contributed by atoms with Crippen LogP contribution in [0.2, 0.25) is 5.02 Å². The van der Waals surface area contributed by atoms with Crippen LogP contribution in [0.1, 0.15) is 27.2 Å². The number of nitriles is 1. The maximum absolute atomic E-state index is 13.3. The standard InChI is InChI=1S/C25H17ClFN3O2/c1-32-25(31)18-6-4-17(5-7-18)19(14-28)12-23-22-11-8-20(26)13-24(22)30(29-23)15-16-2-9-21(27)10-3-16/h2-13H,15H2,1H3/b19-12+. The Bertz CT molecular complexity index is 1370. The van der Waals surface area contributed by atoms with Gasteiger partial charge in [0, 0.05) is 10.4 Å². The van der Waals surface area contributed by atoms with Crippen LogP contribution in [0.25, 0.3) is 22.6 Å². The quantitative estimate of drug-likeness (QED) is 0.290. The number of rotatable bonds is 5. The number of hydrogen-bond acceptors (Lipinski definition) is 4. The first-order valence-electron chi connectivity index (χ1n) is 9.69. The van der Waals surface area contributed by atoms with Crippen molar-refractivity contribution in [3.63, 3.8) is 0 Å². The average Bonchev–Trinajstić information content (AvgIpc) is 3.14. The SMILES string of the molecule is COC(=O)c1ccc(/C(C#N)=C/c2nn(Cc3ccc(F)cc3)c3cc(Cl)ccc23)cc1. The summed E-state index contributed by atoms with van der Waals surface area (Å²) in [6.45, 7) is 0.417. The van der Waals surface area contributed by atoms with Gasteiger partial charge in [0.2, 0.25) is 0 Å². The number of methoxy groups -OCH3 is 1. The summed E-state index contributed by atoms with van der Waals surface area (Å²) in [6, 6.07) is 20.4.